The fraction of sp³-hybridized carbons (Fsp3) is 0.400. The number of nitrogens with one attached hydrogen (secondary N) is 1. The molecule has 1 aromatic rings. The van der Waals surface area contributed by atoms with Gasteiger partial charge in [0.15, 0.2) is 0 Å². The van der Waals surface area contributed by atoms with E-state index in [1.54, 1.807) is 33.5 Å². The molecule has 0 saturated carbocycles. The van der Waals surface area contributed by atoms with Crippen molar-refractivity contribution in [2.75, 3.05) is 33.4 Å². The number of ether oxygens (including phenoxy) is 3. The van der Waals surface area contributed by atoms with Crippen LogP contribution in [0.5, 0.6) is 11.5 Å². The van der Waals surface area contributed by atoms with Crippen LogP contribution in [0.1, 0.15) is 0 Å². The Morgan fingerprint density at radius 3 is 2.33 bits per heavy atom. The van der Waals surface area contributed by atoms with Gasteiger partial charge in [-0.05, 0) is 0 Å². The third-order valence-corrected chi connectivity index (χ3v) is 2.18. The second-order valence-electron chi connectivity index (χ2n) is 2.80. The van der Waals surface area contributed by atoms with E-state index in [1.807, 2.05) is 0 Å². The number of benzene rings is 1. The summed E-state index contributed by atoms with van der Waals surface area (Å²) in [6.07, 6.45) is 0. The predicted molar refractivity (Wildman–Crippen MR) is 60.1 cm³/mol. The highest BCUT2D eigenvalue weighted by atomic mass is 35.5. The van der Waals surface area contributed by atoms with Crippen molar-refractivity contribution in [1.82, 2.24) is 0 Å². The van der Waals surface area contributed by atoms with Gasteiger partial charge in [0.1, 0.15) is 18.2 Å². The van der Waals surface area contributed by atoms with Crippen molar-refractivity contribution in [3.05, 3.63) is 17.2 Å². The number of hydrogen-bond acceptors (Lipinski definition) is 4. The first-order chi connectivity index (χ1) is 7.22. The third-order valence-electron chi connectivity index (χ3n) is 1.88. The van der Waals surface area contributed by atoms with Crippen LogP contribution < -0.4 is 14.8 Å². The minimum Gasteiger partial charge on any atom is -0.495 e. The Morgan fingerprint density at radius 1 is 1.13 bits per heavy atom. The van der Waals surface area contributed by atoms with Crippen molar-refractivity contribution in [1.29, 1.82) is 0 Å². The van der Waals surface area contributed by atoms with Crippen LogP contribution in [0.15, 0.2) is 12.1 Å². The molecule has 0 atom stereocenters. The molecular weight excluding hydrogens is 218 g/mol. The van der Waals surface area contributed by atoms with Crippen LogP contribution in [0.25, 0.3) is 0 Å². The van der Waals surface area contributed by atoms with Crippen molar-refractivity contribution in [2.45, 2.75) is 0 Å². The molecule has 0 bridgehead atoms. The second kappa shape index (κ2) is 5.68. The highest BCUT2D eigenvalue weighted by Gasteiger charge is 2.08. The fourth-order valence-corrected chi connectivity index (χ4v) is 1.38. The maximum atomic E-state index is 5.95. The van der Waals surface area contributed by atoms with Crippen molar-refractivity contribution in [3.63, 3.8) is 0 Å². The molecule has 0 fully saturated rings. The first-order valence-electron chi connectivity index (χ1n) is 4.37. The van der Waals surface area contributed by atoms with Gasteiger partial charge in [0, 0.05) is 19.2 Å². The molecule has 1 rings (SSSR count). The summed E-state index contributed by atoms with van der Waals surface area (Å²) < 4.78 is 15.2. The topological polar surface area (TPSA) is 39.7 Å². The van der Waals surface area contributed by atoms with E-state index in [4.69, 9.17) is 25.8 Å². The van der Waals surface area contributed by atoms with E-state index in [0.29, 0.717) is 23.3 Å². The Balaban J connectivity index is 2.99. The number of rotatable bonds is 5. The lowest BCUT2D eigenvalue weighted by Gasteiger charge is -2.13. The van der Waals surface area contributed by atoms with Gasteiger partial charge in [-0.1, -0.05) is 11.6 Å². The van der Waals surface area contributed by atoms with Crippen molar-refractivity contribution in [2.24, 2.45) is 0 Å². The first-order valence-corrected chi connectivity index (χ1v) is 4.75. The number of halogens is 1. The Morgan fingerprint density at radius 2 is 1.80 bits per heavy atom. The fourth-order valence-electron chi connectivity index (χ4n) is 1.15. The van der Waals surface area contributed by atoms with Gasteiger partial charge in [0.2, 0.25) is 0 Å². The molecule has 0 spiro atoms. The summed E-state index contributed by atoms with van der Waals surface area (Å²) in [5.41, 5.74) is 0.778. The molecule has 84 valence electrons. The minimum atomic E-state index is 0.390. The Labute approximate surface area is 94.1 Å². The zero-order valence-corrected chi connectivity index (χ0v) is 9.72. The number of hydrogen-bond donors (Lipinski definition) is 1. The van der Waals surface area contributed by atoms with E-state index in [9.17, 15) is 0 Å². The standard InChI is InChI=1S/C10H14ClNO3/c1-13-6-12-8-5-9(14-2)7(11)4-10(8)15-3/h4-5,12H,6H2,1-3H3. The molecule has 0 unspecified atom stereocenters. The van der Waals surface area contributed by atoms with Gasteiger partial charge in [0.05, 0.1) is 24.9 Å². The molecule has 0 aliphatic rings. The van der Waals surface area contributed by atoms with E-state index in [-0.39, 0.29) is 0 Å². The van der Waals surface area contributed by atoms with Crippen LogP contribution in [0.3, 0.4) is 0 Å². The minimum absolute atomic E-state index is 0.390. The van der Waals surface area contributed by atoms with Gasteiger partial charge in [-0.3, -0.25) is 0 Å². The van der Waals surface area contributed by atoms with Gasteiger partial charge < -0.3 is 19.5 Å². The van der Waals surface area contributed by atoms with Gasteiger partial charge in [-0.15, -0.1) is 0 Å². The van der Waals surface area contributed by atoms with Gasteiger partial charge in [0.25, 0.3) is 0 Å². The van der Waals surface area contributed by atoms with E-state index < -0.39 is 0 Å². The van der Waals surface area contributed by atoms with Crippen molar-refractivity contribution in [3.8, 4) is 11.5 Å². The molecule has 0 aliphatic carbocycles. The van der Waals surface area contributed by atoms with Crippen LogP contribution in [0.4, 0.5) is 5.69 Å². The van der Waals surface area contributed by atoms with Crippen LogP contribution in [0.2, 0.25) is 5.02 Å². The largest absolute Gasteiger partial charge is 0.495 e. The second-order valence-corrected chi connectivity index (χ2v) is 3.20. The first kappa shape index (κ1) is 11.9. The molecule has 0 radical (unpaired) electrons. The number of methoxy groups -OCH3 is 3. The lowest BCUT2D eigenvalue weighted by molar-refractivity contribution is 0.221. The summed E-state index contributed by atoms with van der Waals surface area (Å²) in [6.45, 7) is 0.390. The number of anilines is 1. The lowest BCUT2D eigenvalue weighted by atomic mass is 10.2. The van der Waals surface area contributed by atoms with Gasteiger partial charge >= 0.3 is 0 Å². The molecule has 15 heavy (non-hydrogen) atoms. The van der Waals surface area contributed by atoms with Gasteiger partial charge in [-0.2, -0.15) is 0 Å². The summed E-state index contributed by atoms with van der Waals surface area (Å²) in [7, 11) is 4.75. The molecular formula is C10H14ClNO3. The Kier molecular flexibility index (Phi) is 4.52. The quantitative estimate of drug-likeness (QED) is 0.790. The zero-order valence-electron chi connectivity index (χ0n) is 8.96. The predicted octanol–water partition coefficient (Wildman–Crippen LogP) is 2.37. The van der Waals surface area contributed by atoms with Crippen LogP contribution >= 0.6 is 11.6 Å². The molecule has 1 N–H and O–H groups in total. The molecule has 0 aromatic heterocycles. The third kappa shape index (κ3) is 2.91. The Hall–Kier alpha value is -1.13. The normalized spacial score (nSPS) is 9.87. The molecule has 0 saturated heterocycles. The highest BCUT2D eigenvalue weighted by molar-refractivity contribution is 6.32. The van der Waals surface area contributed by atoms with Crippen LogP contribution in [-0.4, -0.2) is 28.1 Å². The summed E-state index contributed by atoms with van der Waals surface area (Å²) >= 11 is 5.95. The van der Waals surface area contributed by atoms with Crippen LogP contribution in [-0.2, 0) is 4.74 Å². The molecule has 1 aromatic carbocycles. The van der Waals surface area contributed by atoms with Crippen molar-refractivity contribution >= 4 is 17.3 Å². The summed E-state index contributed by atoms with van der Waals surface area (Å²) in [5.74, 6) is 1.24. The lowest BCUT2D eigenvalue weighted by Crippen LogP contribution is -2.05. The maximum absolute atomic E-state index is 5.95. The molecule has 0 aliphatic heterocycles. The van der Waals surface area contributed by atoms with E-state index in [1.165, 1.54) is 0 Å². The highest BCUT2D eigenvalue weighted by Crippen LogP contribution is 2.35. The average Bonchev–Trinajstić information content (AvgIpc) is 2.26. The zero-order chi connectivity index (χ0) is 11.3. The summed E-state index contributed by atoms with van der Waals surface area (Å²) in [5, 5.41) is 3.54. The average molecular weight is 232 g/mol. The monoisotopic (exact) mass is 231 g/mol. The molecule has 5 heteroatoms. The SMILES string of the molecule is COCNc1cc(OC)c(Cl)cc1OC. The summed E-state index contributed by atoms with van der Waals surface area (Å²) in [4.78, 5) is 0. The molecule has 0 heterocycles. The van der Waals surface area contributed by atoms with E-state index >= 15 is 0 Å². The molecule has 0 amide bonds. The maximum Gasteiger partial charge on any atom is 0.143 e. The smallest absolute Gasteiger partial charge is 0.143 e. The van der Waals surface area contributed by atoms with E-state index in [2.05, 4.69) is 5.32 Å². The summed E-state index contributed by atoms with van der Waals surface area (Å²) in [6, 6.07) is 3.46. The molecule has 4 nitrogen and oxygen atoms in total. The Bertz CT molecular complexity index is 331. The van der Waals surface area contributed by atoms with Crippen LogP contribution in [0, 0.1) is 0 Å². The van der Waals surface area contributed by atoms with Gasteiger partial charge in [-0.25, -0.2) is 0 Å². The van der Waals surface area contributed by atoms with E-state index in [0.717, 1.165) is 5.69 Å². The van der Waals surface area contributed by atoms with Crippen molar-refractivity contribution < 1.29 is 14.2 Å².